The number of hydrogen-bond donors (Lipinski definition) is 2. The maximum absolute atomic E-state index is 11.8. The number of hydrogen-bond acceptors (Lipinski definition) is 2. The third-order valence-corrected chi connectivity index (χ3v) is 2.57. The number of rotatable bonds is 1. The molecule has 1 aromatic rings. The van der Waals surface area contributed by atoms with Crippen molar-refractivity contribution in [2.24, 2.45) is 5.73 Å². The number of piperidine rings is 1. The molecule has 1 amide bonds. The number of aromatic nitrogens is 1. The highest BCUT2D eigenvalue weighted by Crippen LogP contribution is 2.11. The van der Waals surface area contributed by atoms with Crippen LogP contribution in [0, 0.1) is 0 Å². The zero-order valence-electron chi connectivity index (χ0n) is 8.07. The highest BCUT2D eigenvalue weighted by atomic mass is 16.2. The summed E-state index contributed by atoms with van der Waals surface area (Å²) in [4.78, 5) is 16.6. The van der Waals surface area contributed by atoms with Crippen molar-refractivity contribution in [1.29, 1.82) is 0 Å². The van der Waals surface area contributed by atoms with Gasteiger partial charge < -0.3 is 15.6 Å². The van der Waals surface area contributed by atoms with Crippen molar-refractivity contribution in [2.75, 3.05) is 13.1 Å². The van der Waals surface area contributed by atoms with Gasteiger partial charge in [-0.25, -0.2) is 0 Å². The van der Waals surface area contributed by atoms with Crippen molar-refractivity contribution >= 4 is 5.91 Å². The number of carbonyl (C=O) groups is 1. The first-order chi connectivity index (χ1) is 6.77. The molecule has 4 heteroatoms. The van der Waals surface area contributed by atoms with Gasteiger partial charge >= 0.3 is 0 Å². The Hall–Kier alpha value is -1.29. The summed E-state index contributed by atoms with van der Waals surface area (Å²) >= 11 is 0. The quantitative estimate of drug-likeness (QED) is 0.685. The summed E-state index contributed by atoms with van der Waals surface area (Å²) < 4.78 is 0. The predicted molar refractivity (Wildman–Crippen MR) is 53.9 cm³/mol. The number of aromatic amines is 1. The molecule has 0 aliphatic carbocycles. The molecule has 4 nitrogen and oxygen atoms in total. The monoisotopic (exact) mass is 193 g/mol. The van der Waals surface area contributed by atoms with E-state index in [0.29, 0.717) is 12.2 Å². The van der Waals surface area contributed by atoms with Crippen LogP contribution >= 0.6 is 0 Å². The zero-order valence-corrected chi connectivity index (χ0v) is 8.07. The van der Waals surface area contributed by atoms with Crippen LogP contribution < -0.4 is 5.73 Å². The summed E-state index contributed by atoms with van der Waals surface area (Å²) in [6.45, 7) is 1.50. The van der Waals surface area contributed by atoms with Crippen LogP contribution in [0.3, 0.4) is 0 Å². The summed E-state index contributed by atoms with van der Waals surface area (Å²) in [5.74, 6) is 0.0603. The van der Waals surface area contributed by atoms with E-state index in [1.807, 2.05) is 11.0 Å². The van der Waals surface area contributed by atoms with Gasteiger partial charge in [-0.2, -0.15) is 0 Å². The van der Waals surface area contributed by atoms with Gasteiger partial charge in [-0.3, -0.25) is 4.79 Å². The standard InChI is InChI=1S/C10H15N3O/c11-8-3-2-6-13(7-8)10(14)9-4-1-5-12-9/h1,4-5,8,12H,2-3,6-7,11H2/t8-/m1/s1. The Morgan fingerprint density at radius 2 is 2.50 bits per heavy atom. The van der Waals surface area contributed by atoms with Crippen molar-refractivity contribution in [3.8, 4) is 0 Å². The molecule has 2 heterocycles. The summed E-state index contributed by atoms with van der Waals surface area (Å²) in [5.41, 5.74) is 6.46. The highest BCUT2D eigenvalue weighted by molar-refractivity contribution is 5.92. The average molecular weight is 193 g/mol. The molecule has 2 rings (SSSR count). The van der Waals surface area contributed by atoms with Crippen LogP contribution in [0.25, 0.3) is 0 Å². The third-order valence-electron chi connectivity index (χ3n) is 2.57. The Balaban J connectivity index is 2.04. The molecule has 1 aliphatic rings. The van der Waals surface area contributed by atoms with Gasteiger partial charge in [-0.05, 0) is 25.0 Å². The Labute approximate surface area is 83.1 Å². The van der Waals surface area contributed by atoms with E-state index in [0.717, 1.165) is 19.4 Å². The SMILES string of the molecule is N[C@@H]1CCCN(C(=O)c2ccc[nH]2)C1. The third kappa shape index (κ3) is 1.80. The molecule has 0 bridgehead atoms. The zero-order chi connectivity index (χ0) is 9.97. The van der Waals surface area contributed by atoms with Crippen molar-refractivity contribution in [3.63, 3.8) is 0 Å². The van der Waals surface area contributed by atoms with Crippen LogP contribution in [0.15, 0.2) is 18.3 Å². The number of amides is 1. The van der Waals surface area contributed by atoms with Crippen LogP contribution in [0.2, 0.25) is 0 Å². The minimum absolute atomic E-state index is 0.0603. The van der Waals surface area contributed by atoms with Crippen LogP contribution in [0.4, 0.5) is 0 Å². The number of likely N-dealkylation sites (tertiary alicyclic amines) is 1. The van der Waals surface area contributed by atoms with Crippen LogP contribution in [0.5, 0.6) is 0 Å². The molecule has 0 unspecified atom stereocenters. The first-order valence-electron chi connectivity index (χ1n) is 4.95. The lowest BCUT2D eigenvalue weighted by atomic mass is 10.1. The average Bonchev–Trinajstić information content (AvgIpc) is 2.69. The highest BCUT2D eigenvalue weighted by Gasteiger charge is 2.22. The molecule has 0 saturated carbocycles. The van der Waals surface area contributed by atoms with Gasteiger partial charge in [0.25, 0.3) is 5.91 Å². The second-order valence-electron chi connectivity index (χ2n) is 3.74. The second-order valence-corrected chi connectivity index (χ2v) is 3.74. The van der Waals surface area contributed by atoms with Crippen molar-refractivity contribution in [1.82, 2.24) is 9.88 Å². The molecule has 1 aliphatic heterocycles. The Kier molecular flexibility index (Phi) is 2.54. The lowest BCUT2D eigenvalue weighted by molar-refractivity contribution is 0.0703. The van der Waals surface area contributed by atoms with E-state index in [1.165, 1.54) is 0 Å². The molecule has 0 aromatic carbocycles. The van der Waals surface area contributed by atoms with E-state index >= 15 is 0 Å². The summed E-state index contributed by atoms with van der Waals surface area (Å²) in [6.07, 6.45) is 3.79. The van der Waals surface area contributed by atoms with Crippen molar-refractivity contribution in [2.45, 2.75) is 18.9 Å². The minimum atomic E-state index is 0.0603. The number of nitrogens with zero attached hydrogens (tertiary/aromatic N) is 1. The molecule has 1 fully saturated rings. The predicted octanol–water partition coefficient (Wildman–Crippen LogP) is 0.578. The first kappa shape index (κ1) is 9.27. The van der Waals surface area contributed by atoms with Gasteiger partial charge in [0.1, 0.15) is 5.69 Å². The largest absolute Gasteiger partial charge is 0.357 e. The molecule has 3 N–H and O–H groups in total. The Morgan fingerprint density at radius 1 is 1.64 bits per heavy atom. The molecule has 14 heavy (non-hydrogen) atoms. The van der Waals surface area contributed by atoms with Gasteiger partial charge in [-0.1, -0.05) is 0 Å². The molecular formula is C10H15N3O. The number of H-pyrrole nitrogens is 1. The lowest BCUT2D eigenvalue weighted by Crippen LogP contribution is -2.45. The fourth-order valence-corrected chi connectivity index (χ4v) is 1.83. The second kappa shape index (κ2) is 3.84. The van der Waals surface area contributed by atoms with E-state index in [4.69, 9.17) is 5.73 Å². The maximum atomic E-state index is 11.8. The number of nitrogens with one attached hydrogen (secondary N) is 1. The molecule has 0 spiro atoms. The maximum Gasteiger partial charge on any atom is 0.270 e. The molecule has 1 saturated heterocycles. The number of nitrogens with two attached hydrogens (primary N) is 1. The molecule has 0 radical (unpaired) electrons. The molecule has 1 atom stereocenters. The first-order valence-corrected chi connectivity index (χ1v) is 4.95. The number of carbonyl (C=O) groups excluding carboxylic acids is 1. The summed E-state index contributed by atoms with van der Waals surface area (Å²) in [7, 11) is 0. The van der Waals surface area contributed by atoms with Crippen molar-refractivity contribution in [3.05, 3.63) is 24.0 Å². The Bertz CT molecular complexity index is 307. The summed E-state index contributed by atoms with van der Waals surface area (Å²) in [6, 6.07) is 3.77. The van der Waals surface area contributed by atoms with E-state index < -0.39 is 0 Å². The Morgan fingerprint density at radius 3 is 3.14 bits per heavy atom. The topological polar surface area (TPSA) is 62.1 Å². The van der Waals surface area contributed by atoms with Crippen LogP contribution in [0.1, 0.15) is 23.3 Å². The molecular weight excluding hydrogens is 178 g/mol. The van der Waals surface area contributed by atoms with E-state index in [1.54, 1.807) is 12.3 Å². The minimum Gasteiger partial charge on any atom is -0.357 e. The van der Waals surface area contributed by atoms with Crippen LogP contribution in [-0.2, 0) is 0 Å². The fourth-order valence-electron chi connectivity index (χ4n) is 1.83. The van der Waals surface area contributed by atoms with Gasteiger partial charge in [-0.15, -0.1) is 0 Å². The smallest absolute Gasteiger partial charge is 0.270 e. The molecule has 1 aromatic heterocycles. The summed E-state index contributed by atoms with van der Waals surface area (Å²) in [5, 5.41) is 0. The molecule has 76 valence electrons. The normalized spacial score (nSPS) is 22.4. The van der Waals surface area contributed by atoms with Crippen molar-refractivity contribution < 1.29 is 4.79 Å². The van der Waals surface area contributed by atoms with Gasteiger partial charge in [0.15, 0.2) is 0 Å². The van der Waals surface area contributed by atoms with E-state index in [2.05, 4.69) is 4.98 Å². The van der Waals surface area contributed by atoms with E-state index in [-0.39, 0.29) is 11.9 Å². The van der Waals surface area contributed by atoms with Crippen LogP contribution in [-0.4, -0.2) is 34.9 Å². The van der Waals surface area contributed by atoms with Gasteiger partial charge in [0.05, 0.1) is 0 Å². The lowest BCUT2D eigenvalue weighted by Gasteiger charge is -2.30. The van der Waals surface area contributed by atoms with Gasteiger partial charge in [0.2, 0.25) is 0 Å². The van der Waals surface area contributed by atoms with Gasteiger partial charge in [0, 0.05) is 25.3 Å². The fraction of sp³-hybridized carbons (Fsp3) is 0.500. The van der Waals surface area contributed by atoms with E-state index in [9.17, 15) is 4.79 Å².